The van der Waals surface area contributed by atoms with E-state index in [2.05, 4.69) is 26.6 Å². The summed E-state index contributed by atoms with van der Waals surface area (Å²) in [5.41, 5.74) is 0.766. The lowest BCUT2D eigenvalue weighted by Crippen LogP contribution is -2.33. The number of para-hydroxylation sites is 1. The van der Waals surface area contributed by atoms with Crippen molar-refractivity contribution in [3.05, 3.63) is 58.6 Å². The van der Waals surface area contributed by atoms with E-state index in [9.17, 15) is 18.0 Å². The monoisotopic (exact) mass is 410 g/mol. The molecule has 0 radical (unpaired) electrons. The molecule has 2 N–H and O–H groups in total. The normalized spacial score (nSPS) is 10.9. The topological polar surface area (TPSA) is 92.3 Å². The van der Waals surface area contributed by atoms with Crippen LogP contribution in [0.1, 0.15) is 10.4 Å². The van der Waals surface area contributed by atoms with Crippen molar-refractivity contribution in [1.82, 2.24) is 5.32 Å². The van der Waals surface area contributed by atoms with Gasteiger partial charge in [0.15, 0.2) is 9.84 Å². The molecule has 0 aliphatic rings. The minimum Gasteiger partial charge on any atom is -0.343 e. The molecular formula is C16H15BrN2O4S. The Morgan fingerprint density at radius 1 is 1.08 bits per heavy atom. The Hall–Kier alpha value is -2.19. The fourth-order valence-electron chi connectivity index (χ4n) is 1.89. The standard InChI is InChI=1S/C16H15BrN2O4S/c1-24(22,23)12-6-4-5-11(9-12)16(21)18-10-15(20)19-14-8-3-2-7-13(14)17/h2-9H,10H2,1H3,(H,18,21)(H,19,20). The molecule has 0 heterocycles. The second-order valence-corrected chi connectivity index (χ2v) is 7.88. The average molecular weight is 411 g/mol. The first-order valence-electron chi connectivity index (χ1n) is 6.90. The van der Waals surface area contributed by atoms with Crippen LogP contribution in [0.4, 0.5) is 5.69 Å². The fraction of sp³-hybridized carbons (Fsp3) is 0.125. The van der Waals surface area contributed by atoms with Gasteiger partial charge in [-0.1, -0.05) is 18.2 Å². The fourth-order valence-corrected chi connectivity index (χ4v) is 2.94. The van der Waals surface area contributed by atoms with Gasteiger partial charge in [-0.15, -0.1) is 0 Å². The number of carbonyl (C=O) groups excluding carboxylic acids is 2. The maximum absolute atomic E-state index is 12.1. The Morgan fingerprint density at radius 3 is 2.46 bits per heavy atom. The van der Waals surface area contributed by atoms with Gasteiger partial charge in [-0.2, -0.15) is 0 Å². The van der Waals surface area contributed by atoms with E-state index in [0.29, 0.717) is 5.69 Å². The van der Waals surface area contributed by atoms with Crippen LogP contribution in [0.15, 0.2) is 57.9 Å². The minimum atomic E-state index is -3.40. The third-order valence-electron chi connectivity index (χ3n) is 3.08. The Kier molecular flexibility index (Phi) is 5.74. The molecule has 0 aliphatic carbocycles. The van der Waals surface area contributed by atoms with Gasteiger partial charge in [0.05, 0.1) is 17.1 Å². The lowest BCUT2D eigenvalue weighted by atomic mass is 10.2. The van der Waals surface area contributed by atoms with Gasteiger partial charge in [-0.05, 0) is 46.3 Å². The highest BCUT2D eigenvalue weighted by Gasteiger charge is 2.13. The molecule has 0 aliphatic heterocycles. The summed E-state index contributed by atoms with van der Waals surface area (Å²) >= 11 is 3.31. The Labute approximate surface area is 148 Å². The van der Waals surface area contributed by atoms with Crippen LogP contribution in [0.3, 0.4) is 0 Å². The summed E-state index contributed by atoms with van der Waals surface area (Å²) in [7, 11) is -3.40. The summed E-state index contributed by atoms with van der Waals surface area (Å²) in [5, 5.41) is 5.11. The quantitative estimate of drug-likeness (QED) is 0.789. The average Bonchev–Trinajstić information content (AvgIpc) is 2.54. The van der Waals surface area contributed by atoms with E-state index in [1.165, 1.54) is 24.3 Å². The Bertz CT molecular complexity index is 881. The molecule has 0 fully saturated rings. The second kappa shape index (κ2) is 7.59. The van der Waals surface area contributed by atoms with Crippen molar-refractivity contribution in [2.75, 3.05) is 18.1 Å². The zero-order chi connectivity index (χ0) is 17.7. The third kappa shape index (κ3) is 4.90. The van der Waals surface area contributed by atoms with Crippen molar-refractivity contribution < 1.29 is 18.0 Å². The Morgan fingerprint density at radius 2 is 1.79 bits per heavy atom. The summed E-state index contributed by atoms with van der Waals surface area (Å²) in [6, 6.07) is 12.7. The summed E-state index contributed by atoms with van der Waals surface area (Å²) in [4.78, 5) is 24.0. The molecule has 0 aromatic heterocycles. The summed E-state index contributed by atoms with van der Waals surface area (Å²) < 4.78 is 23.7. The summed E-state index contributed by atoms with van der Waals surface area (Å²) in [6.07, 6.45) is 1.06. The molecule has 0 saturated heterocycles. The molecule has 0 saturated carbocycles. The van der Waals surface area contributed by atoms with Crippen LogP contribution in [0.25, 0.3) is 0 Å². The molecule has 2 rings (SSSR count). The number of amides is 2. The molecule has 126 valence electrons. The first-order valence-corrected chi connectivity index (χ1v) is 9.58. The number of hydrogen-bond acceptors (Lipinski definition) is 4. The van der Waals surface area contributed by atoms with Crippen molar-refractivity contribution in [2.45, 2.75) is 4.90 Å². The molecule has 0 bridgehead atoms. The van der Waals surface area contributed by atoms with Gasteiger partial charge in [0.1, 0.15) is 0 Å². The largest absolute Gasteiger partial charge is 0.343 e. The zero-order valence-corrected chi connectivity index (χ0v) is 15.1. The highest BCUT2D eigenvalue weighted by atomic mass is 79.9. The van der Waals surface area contributed by atoms with Gasteiger partial charge in [-0.25, -0.2) is 8.42 Å². The minimum absolute atomic E-state index is 0.0489. The van der Waals surface area contributed by atoms with Crippen LogP contribution in [-0.4, -0.2) is 33.0 Å². The molecule has 0 unspecified atom stereocenters. The number of benzene rings is 2. The summed E-state index contributed by atoms with van der Waals surface area (Å²) in [6.45, 7) is -0.233. The predicted molar refractivity (Wildman–Crippen MR) is 94.7 cm³/mol. The highest BCUT2D eigenvalue weighted by molar-refractivity contribution is 9.10. The SMILES string of the molecule is CS(=O)(=O)c1cccc(C(=O)NCC(=O)Nc2ccccc2Br)c1. The lowest BCUT2D eigenvalue weighted by molar-refractivity contribution is -0.115. The molecule has 8 heteroatoms. The number of carbonyl (C=O) groups is 2. The van der Waals surface area contributed by atoms with E-state index in [-0.39, 0.29) is 17.0 Å². The van der Waals surface area contributed by atoms with E-state index in [0.717, 1.165) is 10.7 Å². The Balaban J connectivity index is 1.98. The summed E-state index contributed by atoms with van der Waals surface area (Å²) in [5.74, 6) is -0.919. The van der Waals surface area contributed by atoms with Crippen LogP contribution < -0.4 is 10.6 Å². The van der Waals surface area contributed by atoms with Crippen molar-refractivity contribution >= 4 is 43.3 Å². The first kappa shape index (κ1) is 18.2. The van der Waals surface area contributed by atoms with Gasteiger partial charge in [0.2, 0.25) is 5.91 Å². The maximum Gasteiger partial charge on any atom is 0.251 e. The molecular weight excluding hydrogens is 396 g/mol. The molecule has 0 atom stereocenters. The van der Waals surface area contributed by atoms with Crippen LogP contribution in [0, 0.1) is 0 Å². The number of halogens is 1. The van der Waals surface area contributed by atoms with Crippen molar-refractivity contribution in [2.24, 2.45) is 0 Å². The van der Waals surface area contributed by atoms with E-state index in [4.69, 9.17) is 0 Å². The number of anilines is 1. The van der Waals surface area contributed by atoms with Crippen molar-refractivity contribution in [1.29, 1.82) is 0 Å². The van der Waals surface area contributed by atoms with E-state index >= 15 is 0 Å². The van der Waals surface area contributed by atoms with E-state index in [1.54, 1.807) is 18.2 Å². The van der Waals surface area contributed by atoms with Gasteiger partial charge in [-0.3, -0.25) is 9.59 Å². The second-order valence-electron chi connectivity index (χ2n) is 5.01. The highest BCUT2D eigenvalue weighted by Crippen LogP contribution is 2.20. The van der Waals surface area contributed by atoms with Gasteiger partial charge < -0.3 is 10.6 Å². The third-order valence-corrected chi connectivity index (χ3v) is 4.88. The lowest BCUT2D eigenvalue weighted by Gasteiger charge is -2.09. The number of nitrogens with one attached hydrogen (secondary N) is 2. The molecule has 0 spiro atoms. The van der Waals surface area contributed by atoms with Crippen LogP contribution in [0.5, 0.6) is 0 Å². The zero-order valence-electron chi connectivity index (χ0n) is 12.7. The smallest absolute Gasteiger partial charge is 0.251 e. The molecule has 2 aromatic rings. The molecule has 2 amide bonds. The van der Waals surface area contributed by atoms with Crippen LogP contribution >= 0.6 is 15.9 Å². The van der Waals surface area contributed by atoms with Gasteiger partial charge in [0, 0.05) is 16.3 Å². The maximum atomic E-state index is 12.1. The van der Waals surface area contributed by atoms with Crippen molar-refractivity contribution in [3.8, 4) is 0 Å². The van der Waals surface area contributed by atoms with Crippen LogP contribution in [0.2, 0.25) is 0 Å². The van der Waals surface area contributed by atoms with E-state index < -0.39 is 21.7 Å². The molecule has 6 nitrogen and oxygen atoms in total. The van der Waals surface area contributed by atoms with Gasteiger partial charge in [0.25, 0.3) is 5.91 Å². The number of sulfone groups is 1. The first-order chi connectivity index (χ1) is 11.3. The van der Waals surface area contributed by atoms with Crippen LogP contribution in [-0.2, 0) is 14.6 Å². The van der Waals surface area contributed by atoms with Gasteiger partial charge >= 0.3 is 0 Å². The number of rotatable bonds is 5. The molecule has 24 heavy (non-hydrogen) atoms. The predicted octanol–water partition coefficient (Wildman–Crippen LogP) is 2.22. The molecule has 2 aromatic carbocycles. The van der Waals surface area contributed by atoms with E-state index in [1.807, 2.05) is 6.07 Å². The van der Waals surface area contributed by atoms with Crippen molar-refractivity contribution in [3.63, 3.8) is 0 Å². The number of hydrogen-bond donors (Lipinski definition) is 2.